The van der Waals surface area contributed by atoms with Crippen molar-refractivity contribution in [2.24, 2.45) is 5.92 Å². The maximum Gasteiger partial charge on any atom is 0.162 e. The zero-order valence-corrected chi connectivity index (χ0v) is 8.67. The first-order chi connectivity index (χ1) is 6.02. The fourth-order valence-electron chi connectivity index (χ4n) is 1.48. The molecule has 1 heterocycles. The van der Waals surface area contributed by atoms with E-state index in [-0.39, 0.29) is 11.4 Å². The number of ketones is 1. The van der Waals surface area contributed by atoms with Crippen molar-refractivity contribution in [3.8, 4) is 0 Å². The topological polar surface area (TPSA) is 26.3 Å². The first-order valence-corrected chi connectivity index (χ1v) is 4.89. The van der Waals surface area contributed by atoms with Gasteiger partial charge in [-0.05, 0) is 25.7 Å². The van der Waals surface area contributed by atoms with Crippen LogP contribution in [0.15, 0.2) is 12.3 Å². The summed E-state index contributed by atoms with van der Waals surface area (Å²) in [5.74, 6) is 0.846. The molecule has 0 aromatic rings. The van der Waals surface area contributed by atoms with Crippen LogP contribution in [0.1, 0.15) is 40.0 Å². The Hall–Kier alpha value is -0.790. The molecule has 0 aromatic carbocycles. The fourth-order valence-corrected chi connectivity index (χ4v) is 1.48. The molecule has 0 bridgehead atoms. The summed E-state index contributed by atoms with van der Waals surface area (Å²) >= 11 is 0. The predicted octanol–water partition coefficient (Wildman–Crippen LogP) is 2.68. The van der Waals surface area contributed by atoms with E-state index >= 15 is 0 Å². The van der Waals surface area contributed by atoms with E-state index in [1.54, 1.807) is 0 Å². The molecule has 0 radical (unpaired) electrons. The van der Waals surface area contributed by atoms with Gasteiger partial charge in [0.1, 0.15) is 5.60 Å². The Balaban J connectivity index is 2.47. The van der Waals surface area contributed by atoms with Crippen molar-refractivity contribution in [2.45, 2.75) is 45.6 Å². The Labute approximate surface area is 80.0 Å². The van der Waals surface area contributed by atoms with Gasteiger partial charge in [0.15, 0.2) is 5.78 Å². The Morgan fingerprint density at radius 2 is 2.31 bits per heavy atom. The lowest BCUT2D eigenvalue weighted by molar-refractivity contribution is -0.122. The molecule has 1 rings (SSSR count). The number of carbonyl (C=O) groups excluding carboxylic acids is 1. The molecular weight excluding hydrogens is 164 g/mol. The van der Waals surface area contributed by atoms with E-state index in [0.717, 1.165) is 12.8 Å². The molecule has 1 aliphatic rings. The molecule has 2 heteroatoms. The van der Waals surface area contributed by atoms with Crippen molar-refractivity contribution in [3.05, 3.63) is 12.3 Å². The van der Waals surface area contributed by atoms with Gasteiger partial charge < -0.3 is 4.74 Å². The molecule has 0 N–H and O–H groups in total. The van der Waals surface area contributed by atoms with Crippen molar-refractivity contribution in [1.82, 2.24) is 0 Å². The van der Waals surface area contributed by atoms with Gasteiger partial charge in [-0.1, -0.05) is 13.8 Å². The van der Waals surface area contributed by atoms with Gasteiger partial charge in [-0.3, -0.25) is 4.79 Å². The second kappa shape index (κ2) is 3.95. The van der Waals surface area contributed by atoms with Crippen molar-refractivity contribution in [1.29, 1.82) is 0 Å². The molecule has 0 aliphatic carbocycles. The molecule has 0 fully saturated rings. The van der Waals surface area contributed by atoms with Crippen LogP contribution < -0.4 is 0 Å². The number of carbonyl (C=O) groups is 1. The molecule has 1 unspecified atom stereocenters. The number of ether oxygens (including phenoxy) is 1. The summed E-state index contributed by atoms with van der Waals surface area (Å²) < 4.78 is 5.48. The van der Waals surface area contributed by atoms with E-state index in [1.165, 1.54) is 12.3 Å². The molecule has 2 nitrogen and oxygen atoms in total. The largest absolute Gasteiger partial charge is 0.495 e. The highest BCUT2D eigenvalue weighted by Crippen LogP contribution is 2.27. The molecular formula is C11H18O2. The third-order valence-electron chi connectivity index (χ3n) is 2.41. The number of rotatable bonds is 3. The third-order valence-corrected chi connectivity index (χ3v) is 2.41. The lowest BCUT2D eigenvalue weighted by atomic mass is 9.89. The summed E-state index contributed by atoms with van der Waals surface area (Å²) in [6, 6.07) is 0. The summed E-state index contributed by atoms with van der Waals surface area (Å²) in [5.41, 5.74) is -0.254. The maximum absolute atomic E-state index is 11.2. The molecule has 0 spiro atoms. The van der Waals surface area contributed by atoms with E-state index in [9.17, 15) is 4.79 Å². The van der Waals surface area contributed by atoms with Gasteiger partial charge in [0, 0.05) is 12.5 Å². The lowest BCUT2D eigenvalue weighted by Gasteiger charge is -2.31. The van der Waals surface area contributed by atoms with Gasteiger partial charge >= 0.3 is 0 Å². The zero-order chi connectivity index (χ0) is 9.90. The average molecular weight is 182 g/mol. The molecule has 0 saturated heterocycles. The van der Waals surface area contributed by atoms with Crippen LogP contribution in [-0.4, -0.2) is 11.4 Å². The molecule has 1 atom stereocenters. The second-order valence-corrected chi connectivity index (χ2v) is 4.45. The van der Waals surface area contributed by atoms with Crippen LogP contribution in [0, 0.1) is 5.92 Å². The van der Waals surface area contributed by atoms with Gasteiger partial charge in [-0.15, -0.1) is 0 Å². The summed E-state index contributed by atoms with van der Waals surface area (Å²) in [5, 5.41) is 0. The van der Waals surface area contributed by atoms with Crippen LogP contribution >= 0.6 is 0 Å². The summed E-state index contributed by atoms with van der Waals surface area (Å²) in [7, 11) is 0. The molecule has 74 valence electrons. The number of hydrogen-bond acceptors (Lipinski definition) is 2. The van der Waals surface area contributed by atoms with Gasteiger partial charge in [0.2, 0.25) is 0 Å². The van der Waals surface area contributed by atoms with Gasteiger partial charge in [-0.2, -0.15) is 0 Å². The van der Waals surface area contributed by atoms with Crippen LogP contribution in [0.3, 0.4) is 0 Å². The monoisotopic (exact) mass is 182 g/mol. The minimum absolute atomic E-state index is 0.178. The first-order valence-electron chi connectivity index (χ1n) is 4.89. The summed E-state index contributed by atoms with van der Waals surface area (Å²) in [6.45, 7) is 6.38. The molecule has 13 heavy (non-hydrogen) atoms. The van der Waals surface area contributed by atoms with Gasteiger partial charge in [-0.25, -0.2) is 0 Å². The highest BCUT2D eigenvalue weighted by Gasteiger charge is 2.29. The number of hydrogen-bond donors (Lipinski definition) is 0. The Morgan fingerprint density at radius 1 is 1.62 bits per heavy atom. The van der Waals surface area contributed by atoms with E-state index < -0.39 is 0 Å². The SMILES string of the molecule is CC(C)CCC1(C)CC(=O)C=CO1. The average Bonchev–Trinajstić information content (AvgIpc) is 2.01. The van der Waals surface area contributed by atoms with Crippen molar-refractivity contribution in [3.63, 3.8) is 0 Å². The Bertz CT molecular complexity index is 218. The van der Waals surface area contributed by atoms with Crippen LogP contribution in [0.4, 0.5) is 0 Å². The van der Waals surface area contributed by atoms with Crippen LogP contribution in [0.2, 0.25) is 0 Å². The quantitative estimate of drug-likeness (QED) is 0.670. The second-order valence-electron chi connectivity index (χ2n) is 4.45. The van der Waals surface area contributed by atoms with E-state index in [2.05, 4.69) is 13.8 Å². The van der Waals surface area contributed by atoms with Crippen molar-refractivity contribution >= 4 is 5.78 Å². The summed E-state index contributed by atoms with van der Waals surface area (Å²) in [6.07, 6.45) is 5.64. The highest BCUT2D eigenvalue weighted by molar-refractivity contribution is 5.90. The highest BCUT2D eigenvalue weighted by atomic mass is 16.5. The van der Waals surface area contributed by atoms with Crippen molar-refractivity contribution < 1.29 is 9.53 Å². The third kappa shape index (κ3) is 3.21. The van der Waals surface area contributed by atoms with Crippen molar-refractivity contribution in [2.75, 3.05) is 0 Å². The van der Waals surface area contributed by atoms with E-state index in [1.807, 2.05) is 6.92 Å². The van der Waals surface area contributed by atoms with E-state index in [0.29, 0.717) is 12.3 Å². The molecule has 1 aliphatic heterocycles. The first kappa shape index (κ1) is 10.3. The normalized spacial score (nSPS) is 27.8. The van der Waals surface area contributed by atoms with E-state index in [4.69, 9.17) is 4.74 Å². The molecule has 0 amide bonds. The minimum atomic E-state index is -0.254. The predicted molar refractivity (Wildman–Crippen MR) is 52.3 cm³/mol. The summed E-state index contributed by atoms with van der Waals surface area (Å²) in [4.78, 5) is 11.2. The maximum atomic E-state index is 11.2. The van der Waals surface area contributed by atoms with Gasteiger partial charge in [0.25, 0.3) is 0 Å². The smallest absolute Gasteiger partial charge is 0.162 e. The van der Waals surface area contributed by atoms with Crippen LogP contribution in [0.25, 0.3) is 0 Å². The number of allylic oxidation sites excluding steroid dienone is 1. The molecule has 0 aromatic heterocycles. The van der Waals surface area contributed by atoms with Crippen LogP contribution in [0.5, 0.6) is 0 Å². The molecule has 0 saturated carbocycles. The standard InChI is InChI=1S/C11H18O2/c1-9(2)4-6-11(3)8-10(12)5-7-13-11/h5,7,9H,4,6,8H2,1-3H3. The minimum Gasteiger partial charge on any atom is -0.495 e. The zero-order valence-electron chi connectivity index (χ0n) is 8.67. The Morgan fingerprint density at radius 3 is 2.85 bits per heavy atom. The fraction of sp³-hybridized carbons (Fsp3) is 0.727. The van der Waals surface area contributed by atoms with Crippen LogP contribution in [-0.2, 0) is 9.53 Å². The Kier molecular flexibility index (Phi) is 3.12. The van der Waals surface area contributed by atoms with Gasteiger partial charge in [0.05, 0.1) is 6.26 Å². The lowest BCUT2D eigenvalue weighted by Crippen LogP contribution is -2.32.